The Hall–Kier alpha value is -3.39. The average molecular weight is 443 g/mol. The van der Waals surface area contributed by atoms with Gasteiger partial charge in [0.05, 0.1) is 24.5 Å². The van der Waals surface area contributed by atoms with Crippen LogP contribution < -0.4 is 10.2 Å². The van der Waals surface area contributed by atoms with Crippen molar-refractivity contribution in [1.29, 1.82) is 0 Å². The Labute approximate surface area is 168 Å². The third-order valence-electron chi connectivity index (χ3n) is 3.78. The molecule has 0 unspecified atom stereocenters. The van der Waals surface area contributed by atoms with Crippen molar-refractivity contribution in [1.82, 2.24) is 5.43 Å². The molecule has 3 aromatic rings. The van der Waals surface area contributed by atoms with E-state index >= 15 is 0 Å². The molecule has 2 aromatic carbocycles. The molecule has 0 spiro atoms. The Balaban J connectivity index is 1.71. The molecule has 0 saturated carbocycles. The number of nitrogens with one attached hydrogen (secondary N) is 1. The molecule has 7 nitrogen and oxygen atoms in total. The third-order valence-corrected chi connectivity index (χ3v) is 4.28. The maximum Gasteiger partial charge on any atom is 0.335 e. The lowest BCUT2D eigenvalue weighted by atomic mass is 10.1. The van der Waals surface area contributed by atoms with Crippen molar-refractivity contribution in [2.45, 2.75) is 0 Å². The molecule has 0 fully saturated rings. The number of aromatic carboxylic acids is 1. The molecule has 0 saturated heterocycles. The molecule has 0 aliphatic rings. The molecule has 28 heavy (non-hydrogen) atoms. The van der Waals surface area contributed by atoms with Crippen molar-refractivity contribution in [3.63, 3.8) is 0 Å². The maximum absolute atomic E-state index is 12.3. The van der Waals surface area contributed by atoms with Crippen LogP contribution in [-0.4, -0.2) is 30.3 Å². The minimum absolute atomic E-state index is 0.166. The minimum atomic E-state index is -1.01. The summed E-state index contributed by atoms with van der Waals surface area (Å²) in [5, 5.41) is 13.0. The summed E-state index contributed by atoms with van der Waals surface area (Å²) in [5.74, 6) is -0.132. The lowest BCUT2D eigenvalue weighted by Gasteiger charge is -2.07. The van der Waals surface area contributed by atoms with E-state index in [0.717, 1.165) is 4.47 Å². The van der Waals surface area contributed by atoms with Gasteiger partial charge in [0.25, 0.3) is 5.91 Å². The van der Waals surface area contributed by atoms with Crippen LogP contribution in [0.15, 0.2) is 68.6 Å². The van der Waals surface area contributed by atoms with Crippen LogP contribution in [0, 0.1) is 0 Å². The molecule has 0 aliphatic heterocycles. The zero-order valence-corrected chi connectivity index (χ0v) is 16.3. The van der Waals surface area contributed by atoms with Gasteiger partial charge in [-0.25, -0.2) is 10.2 Å². The number of benzene rings is 2. The van der Waals surface area contributed by atoms with Gasteiger partial charge in [-0.15, -0.1) is 0 Å². The Kier molecular flexibility index (Phi) is 5.90. The number of carbonyl (C=O) groups excluding carboxylic acids is 1. The first-order valence-corrected chi connectivity index (χ1v) is 8.88. The van der Waals surface area contributed by atoms with Crippen molar-refractivity contribution in [2.24, 2.45) is 5.10 Å². The number of ether oxygens (including phenoxy) is 1. The lowest BCUT2D eigenvalue weighted by molar-refractivity contribution is 0.0696. The zero-order valence-electron chi connectivity index (χ0n) is 14.7. The van der Waals surface area contributed by atoms with E-state index in [4.69, 9.17) is 14.3 Å². The van der Waals surface area contributed by atoms with Gasteiger partial charge in [-0.05, 0) is 42.5 Å². The fourth-order valence-corrected chi connectivity index (χ4v) is 2.82. The van der Waals surface area contributed by atoms with Gasteiger partial charge in [0.15, 0.2) is 0 Å². The molecule has 0 radical (unpaired) electrons. The highest BCUT2D eigenvalue weighted by Gasteiger charge is 2.12. The zero-order chi connectivity index (χ0) is 20.1. The van der Waals surface area contributed by atoms with Gasteiger partial charge in [0, 0.05) is 10.0 Å². The molecule has 0 bridgehead atoms. The second-order valence-electron chi connectivity index (χ2n) is 5.63. The Morgan fingerprint density at radius 1 is 1.18 bits per heavy atom. The Morgan fingerprint density at radius 2 is 2.00 bits per heavy atom. The van der Waals surface area contributed by atoms with E-state index in [1.807, 2.05) is 0 Å². The molecule has 8 heteroatoms. The number of hydrazone groups is 1. The number of carboxylic acids is 1. The maximum atomic E-state index is 12.3. The van der Waals surface area contributed by atoms with Gasteiger partial charge in [0.1, 0.15) is 17.3 Å². The predicted octanol–water partition coefficient (Wildman–Crippen LogP) is 4.18. The quantitative estimate of drug-likeness (QED) is 0.440. The number of nitrogens with zero attached hydrogens (tertiary/aromatic N) is 1. The summed E-state index contributed by atoms with van der Waals surface area (Å²) in [6, 6.07) is 14.8. The van der Waals surface area contributed by atoms with Crippen LogP contribution in [0.4, 0.5) is 0 Å². The molecule has 3 rings (SSSR count). The number of hydrogen-bond donors (Lipinski definition) is 2. The summed E-state index contributed by atoms with van der Waals surface area (Å²) >= 11 is 3.31. The fraction of sp³-hybridized carbons (Fsp3) is 0.0500. The molecule has 1 aromatic heterocycles. The summed E-state index contributed by atoms with van der Waals surface area (Å²) in [6.07, 6.45) is 1.35. The number of methoxy groups -OCH3 is 1. The van der Waals surface area contributed by atoms with Gasteiger partial charge < -0.3 is 14.3 Å². The average Bonchev–Trinajstić information content (AvgIpc) is 3.17. The Morgan fingerprint density at radius 3 is 2.75 bits per heavy atom. The number of hydrogen-bond acceptors (Lipinski definition) is 5. The van der Waals surface area contributed by atoms with Crippen LogP contribution in [0.25, 0.3) is 11.3 Å². The topological polar surface area (TPSA) is 101 Å². The van der Waals surface area contributed by atoms with Crippen molar-refractivity contribution in [2.75, 3.05) is 7.11 Å². The van der Waals surface area contributed by atoms with E-state index in [1.54, 1.807) is 42.5 Å². The minimum Gasteiger partial charge on any atom is -0.496 e. The normalized spacial score (nSPS) is 10.8. The standard InChI is InChI=1S/C20H15BrN2O5/c1-27-18-7-5-14(21)10-16(18)19(24)23-22-11-15-6-8-17(28-15)12-3-2-4-13(9-12)20(25)26/h2-11H,1H3,(H,23,24)(H,25,26)/b22-11-. The molecular weight excluding hydrogens is 428 g/mol. The van der Waals surface area contributed by atoms with Crippen LogP contribution in [0.5, 0.6) is 5.75 Å². The van der Waals surface area contributed by atoms with Gasteiger partial charge in [0.2, 0.25) is 0 Å². The van der Waals surface area contributed by atoms with E-state index in [2.05, 4.69) is 26.5 Å². The smallest absolute Gasteiger partial charge is 0.335 e. The summed E-state index contributed by atoms with van der Waals surface area (Å²) in [7, 11) is 1.48. The van der Waals surface area contributed by atoms with E-state index < -0.39 is 11.9 Å². The second-order valence-corrected chi connectivity index (χ2v) is 6.55. The highest BCUT2D eigenvalue weighted by molar-refractivity contribution is 9.10. The van der Waals surface area contributed by atoms with Crippen LogP contribution >= 0.6 is 15.9 Å². The van der Waals surface area contributed by atoms with Crippen molar-refractivity contribution >= 4 is 34.0 Å². The molecule has 1 amide bonds. The summed E-state index contributed by atoms with van der Waals surface area (Å²) in [6.45, 7) is 0. The van der Waals surface area contributed by atoms with Gasteiger partial charge in [-0.1, -0.05) is 28.1 Å². The summed E-state index contributed by atoms with van der Waals surface area (Å²) in [5.41, 5.74) is 3.54. The lowest BCUT2D eigenvalue weighted by Crippen LogP contribution is -2.18. The Bertz CT molecular complexity index is 1060. The number of furan rings is 1. The summed E-state index contributed by atoms with van der Waals surface area (Å²) < 4.78 is 11.5. The summed E-state index contributed by atoms with van der Waals surface area (Å²) in [4.78, 5) is 23.4. The van der Waals surface area contributed by atoms with Crippen LogP contribution in [0.2, 0.25) is 0 Å². The first-order chi connectivity index (χ1) is 13.5. The molecule has 142 valence electrons. The van der Waals surface area contributed by atoms with Gasteiger partial charge >= 0.3 is 5.97 Å². The van der Waals surface area contributed by atoms with Crippen molar-refractivity contribution in [3.8, 4) is 17.1 Å². The highest BCUT2D eigenvalue weighted by Crippen LogP contribution is 2.24. The van der Waals surface area contributed by atoms with E-state index in [-0.39, 0.29) is 5.56 Å². The number of halogens is 1. The number of carbonyl (C=O) groups is 2. The van der Waals surface area contributed by atoms with Gasteiger partial charge in [-0.3, -0.25) is 4.79 Å². The monoisotopic (exact) mass is 442 g/mol. The van der Waals surface area contributed by atoms with Crippen molar-refractivity contribution in [3.05, 3.63) is 76.0 Å². The number of rotatable bonds is 6. The fourth-order valence-electron chi connectivity index (χ4n) is 2.46. The predicted molar refractivity (Wildman–Crippen MR) is 107 cm³/mol. The van der Waals surface area contributed by atoms with Crippen LogP contribution in [0.3, 0.4) is 0 Å². The first kappa shape index (κ1) is 19.4. The first-order valence-electron chi connectivity index (χ1n) is 8.08. The van der Waals surface area contributed by atoms with Crippen molar-refractivity contribution < 1.29 is 23.8 Å². The van der Waals surface area contributed by atoms with Gasteiger partial charge in [-0.2, -0.15) is 5.10 Å². The van der Waals surface area contributed by atoms with Crippen LogP contribution in [-0.2, 0) is 0 Å². The molecule has 0 aliphatic carbocycles. The SMILES string of the molecule is COc1ccc(Br)cc1C(=O)N/N=C\c1ccc(-c2cccc(C(=O)O)c2)o1. The second kappa shape index (κ2) is 8.53. The van der Waals surface area contributed by atoms with E-state index in [9.17, 15) is 9.59 Å². The third kappa shape index (κ3) is 4.47. The number of carboxylic acid groups (broad SMARTS) is 1. The molecular formula is C20H15BrN2O5. The molecule has 2 N–H and O–H groups in total. The van der Waals surface area contributed by atoms with Crippen LogP contribution in [0.1, 0.15) is 26.5 Å². The molecule has 0 atom stereocenters. The van der Waals surface area contributed by atoms with E-state index in [0.29, 0.717) is 28.4 Å². The largest absolute Gasteiger partial charge is 0.496 e. The molecule has 1 heterocycles. The van der Waals surface area contributed by atoms with E-state index in [1.165, 1.54) is 25.5 Å². The number of amides is 1. The highest BCUT2D eigenvalue weighted by atomic mass is 79.9.